The number of halogens is 1. The predicted octanol–water partition coefficient (Wildman–Crippen LogP) is 1.37. The topological polar surface area (TPSA) is 42.9 Å². The molecule has 0 fully saturated rings. The van der Waals surface area contributed by atoms with Gasteiger partial charge < -0.3 is 10.1 Å². The Kier molecular flexibility index (Phi) is 5.82. The first-order valence-corrected chi connectivity index (χ1v) is 5.97. The van der Waals surface area contributed by atoms with Crippen LogP contribution in [0.1, 0.15) is 10.4 Å². The predicted molar refractivity (Wildman–Crippen MR) is 66.1 cm³/mol. The molecule has 16 heavy (non-hydrogen) atoms. The third-order valence-electron chi connectivity index (χ3n) is 1.99. The number of carbonyl (C=O) groups is 1. The van der Waals surface area contributed by atoms with E-state index in [1.165, 1.54) is 0 Å². The second-order valence-electron chi connectivity index (χ2n) is 3.20. The molecule has 1 aromatic carbocycles. The maximum Gasteiger partial charge on any atom is 0.324 e. The van der Waals surface area contributed by atoms with Gasteiger partial charge in [-0.15, -0.1) is 0 Å². The Morgan fingerprint density at radius 3 is 2.81 bits per heavy atom. The van der Waals surface area contributed by atoms with Crippen molar-refractivity contribution < 1.29 is 14.8 Å². The minimum absolute atomic E-state index is 0.260. The van der Waals surface area contributed by atoms with E-state index in [1.54, 1.807) is 6.20 Å². The smallest absolute Gasteiger partial charge is 0.324 e. The van der Waals surface area contributed by atoms with Crippen molar-refractivity contribution in [1.82, 2.24) is 0 Å². The van der Waals surface area contributed by atoms with E-state index in [4.69, 9.17) is 4.74 Å². The molecular weight excluding hydrogens is 270 g/mol. The van der Waals surface area contributed by atoms with Gasteiger partial charge in [-0.25, -0.2) is 0 Å². The highest BCUT2D eigenvalue weighted by Gasteiger charge is 2.18. The van der Waals surface area contributed by atoms with Crippen LogP contribution in [0.5, 0.6) is 0 Å². The van der Waals surface area contributed by atoms with Gasteiger partial charge in [-0.2, -0.15) is 0 Å². The van der Waals surface area contributed by atoms with Crippen LogP contribution >= 0.6 is 15.9 Å². The van der Waals surface area contributed by atoms with Crippen LogP contribution in [-0.2, 0) is 9.53 Å². The summed E-state index contributed by atoms with van der Waals surface area (Å²) in [6, 6.07) is 9.46. The summed E-state index contributed by atoms with van der Waals surface area (Å²) in [6.07, 6.45) is 1.69. The van der Waals surface area contributed by atoms with Crippen LogP contribution in [0.3, 0.4) is 0 Å². The normalized spacial score (nSPS) is 11.8. The van der Waals surface area contributed by atoms with Crippen LogP contribution in [0.15, 0.2) is 43.1 Å². The number of hydrogen-bond donors (Lipinski definition) is 1. The van der Waals surface area contributed by atoms with Crippen molar-refractivity contribution >= 4 is 21.9 Å². The second kappa shape index (κ2) is 7.19. The number of ether oxygens (including phenoxy) is 1. The molecule has 0 heterocycles. The summed E-state index contributed by atoms with van der Waals surface area (Å²) in [4.78, 5) is 11.2. The summed E-state index contributed by atoms with van der Waals surface area (Å²) in [7, 11) is 0. The fourth-order valence-electron chi connectivity index (χ4n) is 1.18. The summed E-state index contributed by atoms with van der Waals surface area (Å²) in [5, 5.41) is 1.86. The molecule has 0 radical (unpaired) electrons. The molecule has 0 amide bonds. The Morgan fingerprint density at radius 1 is 1.50 bits per heavy atom. The van der Waals surface area contributed by atoms with Gasteiger partial charge in [0.05, 0.1) is 6.20 Å². The lowest BCUT2D eigenvalue weighted by Crippen LogP contribution is -2.78. The highest BCUT2D eigenvalue weighted by molar-refractivity contribution is 9.09. The van der Waals surface area contributed by atoms with E-state index in [0.717, 1.165) is 5.56 Å². The molecule has 3 nitrogen and oxygen atoms in total. The lowest BCUT2D eigenvalue weighted by atomic mass is 10.1. The standard InChI is InChI=1S/C12H14BrNO2/c1-2-14-8-9-16-12(15)11(13)10-6-4-3-5-7-10/h2-7,11,14H,1,8-9H2/p+1. The van der Waals surface area contributed by atoms with Crippen LogP contribution in [0, 0.1) is 0 Å². The maximum absolute atomic E-state index is 11.6. The molecule has 0 spiro atoms. The fraction of sp³-hybridized carbons (Fsp3) is 0.250. The number of alkyl halides is 1. The summed E-state index contributed by atoms with van der Waals surface area (Å²) in [5.41, 5.74) is 0.903. The Hall–Kier alpha value is -1.13. The summed E-state index contributed by atoms with van der Waals surface area (Å²) < 4.78 is 5.10. The third-order valence-corrected chi connectivity index (χ3v) is 2.90. The van der Waals surface area contributed by atoms with Gasteiger partial charge in [0, 0.05) is 0 Å². The van der Waals surface area contributed by atoms with Gasteiger partial charge in [-0.05, 0) is 12.1 Å². The maximum atomic E-state index is 11.6. The number of rotatable bonds is 6. The van der Waals surface area contributed by atoms with Crippen molar-refractivity contribution in [3.8, 4) is 0 Å². The van der Waals surface area contributed by atoms with Crippen molar-refractivity contribution in [2.24, 2.45) is 0 Å². The van der Waals surface area contributed by atoms with Crippen LogP contribution in [0.2, 0.25) is 0 Å². The molecule has 0 aliphatic heterocycles. The lowest BCUT2D eigenvalue weighted by molar-refractivity contribution is -0.588. The van der Waals surface area contributed by atoms with Crippen LogP contribution in [0.25, 0.3) is 0 Å². The minimum atomic E-state index is -0.391. The number of esters is 1. The molecule has 0 aromatic heterocycles. The van der Waals surface area contributed by atoms with Crippen molar-refractivity contribution in [2.45, 2.75) is 4.83 Å². The number of nitrogens with two attached hydrogens (primary N) is 1. The Balaban J connectivity index is 2.39. The van der Waals surface area contributed by atoms with Gasteiger partial charge >= 0.3 is 5.97 Å². The Labute approximate surface area is 104 Å². The summed E-state index contributed by atoms with van der Waals surface area (Å²) in [5.74, 6) is -0.260. The van der Waals surface area contributed by atoms with E-state index in [2.05, 4.69) is 22.5 Å². The number of quaternary nitrogens is 1. The molecule has 1 unspecified atom stereocenters. The van der Waals surface area contributed by atoms with Crippen LogP contribution in [-0.4, -0.2) is 19.1 Å². The van der Waals surface area contributed by atoms with E-state index in [-0.39, 0.29) is 5.97 Å². The first kappa shape index (κ1) is 12.9. The molecule has 1 aromatic rings. The highest BCUT2D eigenvalue weighted by Crippen LogP contribution is 2.23. The molecule has 1 rings (SSSR count). The number of hydrogen-bond acceptors (Lipinski definition) is 2. The van der Waals surface area contributed by atoms with Crippen LogP contribution in [0.4, 0.5) is 0 Å². The van der Waals surface area contributed by atoms with Gasteiger partial charge in [0.2, 0.25) is 0 Å². The molecule has 0 aliphatic carbocycles. The minimum Gasteiger partial charge on any atom is -0.459 e. The molecule has 4 heteroatoms. The summed E-state index contributed by atoms with van der Waals surface area (Å²) in [6.45, 7) is 4.64. The van der Waals surface area contributed by atoms with Gasteiger partial charge in [0.25, 0.3) is 0 Å². The van der Waals surface area contributed by atoms with Gasteiger partial charge in [0.1, 0.15) is 18.0 Å². The molecule has 0 saturated heterocycles. The Morgan fingerprint density at radius 2 is 2.19 bits per heavy atom. The summed E-state index contributed by atoms with van der Waals surface area (Å²) >= 11 is 3.32. The van der Waals surface area contributed by atoms with Gasteiger partial charge in [-0.1, -0.05) is 46.3 Å². The molecule has 0 saturated carbocycles. The molecular formula is C12H15BrNO2+. The zero-order chi connectivity index (χ0) is 11.8. The first-order chi connectivity index (χ1) is 7.75. The number of carbonyl (C=O) groups excluding carboxylic acids is 1. The zero-order valence-corrected chi connectivity index (χ0v) is 10.5. The van der Waals surface area contributed by atoms with Gasteiger partial charge in [0.15, 0.2) is 0 Å². The fourth-order valence-corrected chi connectivity index (χ4v) is 1.61. The van der Waals surface area contributed by atoms with Crippen molar-refractivity contribution in [3.63, 3.8) is 0 Å². The average molecular weight is 285 g/mol. The molecule has 0 aliphatic rings. The van der Waals surface area contributed by atoms with Crippen LogP contribution < -0.4 is 5.32 Å². The quantitative estimate of drug-likeness (QED) is 0.487. The molecule has 86 valence electrons. The SMILES string of the molecule is C=C[NH2+]CCOC(=O)C(Br)c1ccccc1. The lowest BCUT2D eigenvalue weighted by Gasteiger charge is -2.09. The van der Waals surface area contributed by atoms with E-state index in [1.807, 2.05) is 35.6 Å². The second-order valence-corrected chi connectivity index (χ2v) is 4.12. The third kappa shape index (κ3) is 4.16. The van der Waals surface area contributed by atoms with Crippen molar-refractivity contribution in [1.29, 1.82) is 0 Å². The van der Waals surface area contributed by atoms with Gasteiger partial charge in [-0.3, -0.25) is 4.79 Å². The average Bonchev–Trinajstić information content (AvgIpc) is 2.34. The first-order valence-electron chi connectivity index (χ1n) is 5.05. The molecule has 1 atom stereocenters. The number of benzene rings is 1. The monoisotopic (exact) mass is 284 g/mol. The van der Waals surface area contributed by atoms with E-state index in [0.29, 0.717) is 13.2 Å². The van der Waals surface area contributed by atoms with E-state index in [9.17, 15) is 4.79 Å². The van der Waals surface area contributed by atoms with Crippen molar-refractivity contribution in [2.75, 3.05) is 13.2 Å². The van der Waals surface area contributed by atoms with E-state index < -0.39 is 4.83 Å². The largest absolute Gasteiger partial charge is 0.459 e. The van der Waals surface area contributed by atoms with E-state index >= 15 is 0 Å². The molecule has 0 bridgehead atoms. The molecule has 2 N–H and O–H groups in total. The zero-order valence-electron chi connectivity index (χ0n) is 8.93. The Bertz CT molecular complexity index is 340. The van der Waals surface area contributed by atoms with Crippen molar-refractivity contribution in [3.05, 3.63) is 48.7 Å². The highest BCUT2D eigenvalue weighted by atomic mass is 79.9.